The van der Waals surface area contributed by atoms with Gasteiger partial charge in [-0.15, -0.1) is 0 Å². The van der Waals surface area contributed by atoms with E-state index in [1.165, 1.54) is 11.3 Å². The Morgan fingerprint density at radius 1 is 1.21 bits per heavy atom. The van der Waals surface area contributed by atoms with Gasteiger partial charge in [0.25, 0.3) is 11.5 Å². The molecule has 0 unspecified atom stereocenters. The van der Waals surface area contributed by atoms with Crippen LogP contribution in [0.3, 0.4) is 0 Å². The van der Waals surface area contributed by atoms with E-state index >= 15 is 0 Å². The van der Waals surface area contributed by atoms with Crippen molar-refractivity contribution < 1.29 is 9.21 Å². The minimum atomic E-state index is -0.648. The zero-order valence-corrected chi connectivity index (χ0v) is 19.1. The fraction of sp³-hybridized carbons (Fsp3) is 0.167. The first-order valence-corrected chi connectivity index (χ1v) is 11.2. The predicted octanol–water partition coefficient (Wildman–Crippen LogP) is 2.51. The summed E-state index contributed by atoms with van der Waals surface area (Å²) in [5.41, 5.74) is 3.86. The molecule has 0 spiro atoms. The number of para-hydroxylation sites is 1. The van der Waals surface area contributed by atoms with Crippen molar-refractivity contribution in [3.05, 3.63) is 103 Å². The van der Waals surface area contributed by atoms with Crippen LogP contribution in [0.25, 0.3) is 6.08 Å². The highest BCUT2D eigenvalue weighted by Crippen LogP contribution is 2.32. The van der Waals surface area contributed by atoms with Gasteiger partial charge in [-0.3, -0.25) is 18.8 Å². The molecule has 5 rings (SSSR count). The second kappa shape index (κ2) is 8.18. The van der Waals surface area contributed by atoms with E-state index in [2.05, 4.69) is 15.4 Å². The monoisotopic (exact) mass is 459 g/mol. The SMILES string of the molecule is CC1=C(C(=O)Nc2ccccc2)[C@H](c2cnn(C)c2C)n2c(s/c(=C/c3ccoc3)c2=O)=N1. The van der Waals surface area contributed by atoms with Gasteiger partial charge in [0.2, 0.25) is 0 Å². The molecule has 1 atom stereocenters. The summed E-state index contributed by atoms with van der Waals surface area (Å²) in [5.74, 6) is -0.306. The lowest BCUT2D eigenvalue weighted by atomic mass is 9.95. The van der Waals surface area contributed by atoms with E-state index in [1.54, 1.807) is 47.0 Å². The third-order valence-corrected chi connectivity index (χ3v) is 6.69. The van der Waals surface area contributed by atoms with Crippen LogP contribution in [0.15, 0.2) is 80.6 Å². The number of hydrogen-bond donors (Lipinski definition) is 1. The number of nitrogens with one attached hydrogen (secondary N) is 1. The first-order valence-electron chi connectivity index (χ1n) is 10.3. The number of benzene rings is 1. The number of nitrogens with zero attached hydrogens (tertiary/aromatic N) is 4. The van der Waals surface area contributed by atoms with Crippen molar-refractivity contribution in [3.63, 3.8) is 0 Å². The minimum absolute atomic E-state index is 0.217. The molecular formula is C24H21N5O3S. The molecule has 0 radical (unpaired) electrons. The number of furan rings is 1. The maximum atomic E-state index is 13.5. The van der Waals surface area contributed by atoms with Crippen LogP contribution in [-0.2, 0) is 11.8 Å². The molecule has 3 aromatic heterocycles. The van der Waals surface area contributed by atoms with Gasteiger partial charge in [-0.25, -0.2) is 4.99 Å². The molecule has 1 amide bonds. The molecule has 1 aromatic carbocycles. The average Bonchev–Trinajstić information content (AvgIpc) is 3.50. The Hall–Kier alpha value is -3.98. The van der Waals surface area contributed by atoms with Crippen molar-refractivity contribution in [3.8, 4) is 0 Å². The maximum Gasteiger partial charge on any atom is 0.271 e. The van der Waals surface area contributed by atoms with Crippen molar-refractivity contribution in [2.24, 2.45) is 12.0 Å². The van der Waals surface area contributed by atoms with Crippen LogP contribution < -0.4 is 20.2 Å². The zero-order valence-electron chi connectivity index (χ0n) is 18.3. The number of amides is 1. The number of hydrogen-bond acceptors (Lipinski definition) is 6. The second-order valence-electron chi connectivity index (χ2n) is 7.77. The van der Waals surface area contributed by atoms with Crippen molar-refractivity contribution >= 4 is 29.0 Å². The summed E-state index contributed by atoms with van der Waals surface area (Å²) >= 11 is 1.29. The number of carbonyl (C=O) groups excluding carboxylic acids is 1. The molecule has 1 aliphatic rings. The zero-order chi connectivity index (χ0) is 23.1. The number of allylic oxidation sites excluding steroid dienone is 1. The van der Waals surface area contributed by atoms with Crippen molar-refractivity contribution in [1.29, 1.82) is 0 Å². The van der Waals surface area contributed by atoms with Crippen molar-refractivity contribution in [1.82, 2.24) is 14.3 Å². The van der Waals surface area contributed by atoms with E-state index in [-0.39, 0.29) is 11.5 Å². The van der Waals surface area contributed by atoms with E-state index in [0.717, 1.165) is 16.8 Å². The van der Waals surface area contributed by atoms with E-state index in [4.69, 9.17) is 4.42 Å². The lowest BCUT2D eigenvalue weighted by Crippen LogP contribution is -2.40. The van der Waals surface area contributed by atoms with Gasteiger partial charge in [-0.1, -0.05) is 29.5 Å². The molecular weight excluding hydrogens is 438 g/mol. The van der Waals surface area contributed by atoms with Gasteiger partial charge in [0, 0.05) is 29.6 Å². The predicted molar refractivity (Wildman–Crippen MR) is 125 cm³/mol. The summed E-state index contributed by atoms with van der Waals surface area (Å²) in [6, 6.07) is 10.4. The van der Waals surface area contributed by atoms with E-state index in [9.17, 15) is 9.59 Å². The third kappa shape index (κ3) is 3.66. The van der Waals surface area contributed by atoms with Gasteiger partial charge in [0.1, 0.15) is 6.04 Å². The standard InChI is InChI=1S/C24H21N5O3S/c1-14-20(22(30)27-17-7-5-4-6-8-17)21(18-12-25-28(3)15(18)2)29-23(31)19(33-24(29)26-14)11-16-9-10-32-13-16/h4-13,21H,1-3H3,(H,27,30)/b19-11+/t21-/m0/s1. The topological polar surface area (TPSA) is 94.4 Å². The molecule has 0 saturated heterocycles. The molecule has 8 nitrogen and oxygen atoms in total. The van der Waals surface area contributed by atoms with Gasteiger partial charge in [0.15, 0.2) is 4.80 Å². The van der Waals surface area contributed by atoms with Crippen LogP contribution in [-0.4, -0.2) is 20.3 Å². The molecule has 33 heavy (non-hydrogen) atoms. The van der Waals surface area contributed by atoms with E-state index in [0.29, 0.717) is 26.3 Å². The number of aryl methyl sites for hydroxylation is 1. The largest absolute Gasteiger partial charge is 0.472 e. The lowest BCUT2D eigenvalue weighted by molar-refractivity contribution is -0.113. The highest BCUT2D eigenvalue weighted by molar-refractivity contribution is 7.07. The number of anilines is 1. The quantitative estimate of drug-likeness (QED) is 0.507. The molecule has 4 aromatic rings. The van der Waals surface area contributed by atoms with Crippen LogP contribution in [0.2, 0.25) is 0 Å². The Bertz CT molecular complexity index is 1560. The summed E-state index contributed by atoms with van der Waals surface area (Å²) in [5, 5.41) is 7.31. The van der Waals surface area contributed by atoms with E-state index < -0.39 is 6.04 Å². The van der Waals surface area contributed by atoms with Crippen LogP contribution in [0.4, 0.5) is 5.69 Å². The summed E-state index contributed by atoms with van der Waals surface area (Å²) in [4.78, 5) is 32.2. The number of thiazole rings is 1. The Balaban J connectivity index is 1.70. The molecule has 0 saturated carbocycles. The van der Waals surface area contributed by atoms with Gasteiger partial charge < -0.3 is 9.73 Å². The van der Waals surface area contributed by atoms with Crippen molar-refractivity contribution in [2.45, 2.75) is 19.9 Å². The Labute approximate surface area is 192 Å². The number of aromatic nitrogens is 3. The Kier molecular flexibility index (Phi) is 5.18. The molecule has 1 aliphatic heterocycles. The Morgan fingerprint density at radius 2 is 2.00 bits per heavy atom. The van der Waals surface area contributed by atoms with E-state index in [1.807, 2.05) is 44.3 Å². The van der Waals surface area contributed by atoms with Crippen LogP contribution in [0.5, 0.6) is 0 Å². The number of rotatable bonds is 4. The normalized spacial score (nSPS) is 16.0. The van der Waals surface area contributed by atoms with Crippen LogP contribution in [0.1, 0.15) is 29.8 Å². The van der Waals surface area contributed by atoms with Gasteiger partial charge >= 0.3 is 0 Å². The molecule has 166 valence electrons. The van der Waals surface area contributed by atoms with Gasteiger partial charge in [0.05, 0.1) is 34.5 Å². The number of carbonyl (C=O) groups is 1. The second-order valence-corrected chi connectivity index (χ2v) is 8.78. The average molecular weight is 460 g/mol. The third-order valence-electron chi connectivity index (χ3n) is 5.71. The fourth-order valence-electron chi connectivity index (χ4n) is 3.92. The Morgan fingerprint density at radius 3 is 2.67 bits per heavy atom. The molecule has 0 fully saturated rings. The van der Waals surface area contributed by atoms with Gasteiger partial charge in [-0.2, -0.15) is 5.10 Å². The summed E-state index contributed by atoms with van der Waals surface area (Å²) in [6.07, 6.45) is 6.61. The maximum absolute atomic E-state index is 13.5. The molecule has 4 heterocycles. The first kappa shape index (κ1) is 20.9. The first-order chi connectivity index (χ1) is 15.9. The molecule has 0 bridgehead atoms. The summed E-state index contributed by atoms with van der Waals surface area (Å²) < 4.78 is 8.97. The van der Waals surface area contributed by atoms with Gasteiger partial charge in [-0.05, 0) is 38.1 Å². The highest BCUT2D eigenvalue weighted by Gasteiger charge is 2.34. The molecule has 9 heteroatoms. The fourth-order valence-corrected chi connectivity index (χ4v) is 4.97. The molecule has 0 aliphatic carbocycles. The minimum Gasteiger partial charge on any atom is -0.472 e. The summed E-state index contributed by atoms with van der Waals surface area (Å²) in [7, 11) is 1.84. The van der Waals surface area contributed by atoms with Crippen molar-refractivity contribution in [2.75, 3.05) is 5.32 Å². The molecule has 1 N–H and O–H groups in total. The summed E-state index contributed by atoms with van der Waals surface area (Å²) in [6.45, 7) is 3.72. The smallest absolute Gasteiger partial charge is 0.271 e. The highest BCUT2D eigenvalue weighted by atomic mass is 32.1. The van der Waals surface area contributed by atoms with Crippen LogP contribution >= 0.6 is 11.3 Å². The lowest BCUT2D eigenvalue weighted by Gasteiger charge is -2.25. The number of fused-ring (bicyclic) bond motifs is 1. The van der Waals surface area contributed by atoms with Crippen LogP contribution in [0, 0.1) is 6.92 Å².